The number of hydrogen-bond donors (Lipinski definition) is 0. The Morgan fingerprint density at radius 2 is 1.81 bits per heavy atom. The molecule has 0 unspecified atom stereocenters. The van der Waals surface area contributed by atoms with Gasteiger partial charge in [0.2, 0.25) is 0 Å². The largest absolute Gasteiger partial charge is 0.294 e. The van der Waals surface area contributed by atoms with Gasteiger partial charge >= 0.3 is 0 Å². The smallest absolute Gasteiger partial charge is 0.163 e. The van der Waals surface area contributed by atoms with Gasteiger partial charge in [-0.3, -0.25) is 4.79 Å². The normalized spacial score (nSPS) is 10.3. The molecule has 0 bridgehead atoms. The first-order chi connectivity index (χ1) is 10.3. The van der Waals surface area contributed by atoms with Crippen molar-refractivity contribution < 1.29 is 4.79 Å². The molecule has 2 aromatic rings. The van der Waals surface area contributed by atoms with Crippen LogP contribution in [0.1, 0.15) is 28.8 Å². The van der Waals surface area contributed by atoms with Crippen LogP contribution in [0.4, 0.5) is 5.69 Å². The van der Waals surface area contributed by atoms with Crippen LogP contribution in [0.5, 0.6) is 0 Å². The highest BCUT2D eigenvalue weighted by molar-refractivity contribution is 5.96. The van der Waals surface area contributed by atoms with Crippen LogP contribution < -0.4 is 0 Å². The summed E-state index contributed by atoms with van der Waals surface area (Å²) in [5.41, 5.74) is 10.6. The van der Waals surface area contributed by atoms with Crippen molar-refractivity contribution >= 4 is 17.5 Å². The predicted octanol–water partition coefficient (Wildman–Crippen LogP) is 5.30. The minimum Gasteiger partial charge on any atom is -0.294 e. The molecule has 0 amide bonds. The summed E-state index contributed by atoms with van der Waals surface area (Å²) in [4.78, 5) is 14.7. The van der Waals surface area contributed by atoms with Crippen molar-refractivity contribution in [2.24, 2.45) is 5.11 Å². The maximum Gasteiger partial charge on any atom is 0.163 e. The van der Waals surface area contributed by atoms with Gasteiger partial charge in [-0.05, 0) is 17.5 Å². The predicted molar refractivity (Wildman–Crippen MR) is 84.3 cm³/mol. The third-order valence-electron chi connectivity index (χ3n) is 3.00. The standard InChI is InChI=1S/C17H15N3O/c18-20-19-16-12-10-15(11-13-16)17(21)9-5-4-8-14-6-2-1-3-7-14/h1-4,6-8,10-13H,5,9H2/b8-4+. The van der Waals surface area contributed by atoms with Crippen molar-refractivity contribution in [3.05, 3.63) is 82.2 Å². The lowest BCUT2D eigenvalue weighted by atomic mass is 10.1. The van der Waals surface area contributed by atoms with Gasteiger partial charge in [0.1, 0.15) is 0 Å². The van der Waals surface area contributed by atoms with Gasteiger partial charge in [0, 0.05) is 22.6 Å². The minimum absolute atomic E-state index is 0.0835. The van der Waals surface area contributed by atoms with E-state index >= 15 is 0 Å². The zero-order valence-electron chi connectivity index (χ0n) is 11.5. The molecule has 0 aromatic heterocycles. The Kier molecular flexibility index (Phi) is 5.33. The molecule has 0 fully saturated rings. The summed E-state index contributed by atoms with van der Waals surface area (Å²) in [7, 11) is 0. The van der Waals surface area contributed by atoms with Gasteiger partial charge in [0.25, 0.3) is 0 Å². The van der Waals surface area contributed by atoms with Crippen molar-refractivity contribution in [3.8, 4) is 0 Å². The molecular weight excluding hydrogens is 262 g/mol. The second-order valence-electron chi connectivity index (χ2n) is 4.51. The van der Waals surface area contributed by atoms with Crippen LogP contribution in [-0.2, 0) is 0 Å². The highest BCUT2D eigenvalue weighted by Crippen LogP contribution is 2.15. The summed E-state index contributed by atoms with van der Waals surface area (Å²) < 4.78 is 0. The van der Waals surface area contributed by atoms with Crippen LogP contribution in [0.2, 0.25) is 0 Å². The number of hydrogen-bond acceptors (Lipinski definition) is 2. The molecule has 0 atom stereocenters. The summed E-state index contributed by atoms with van der Waals surface area (Å²) in [5, 5.41) is 3.47. The molecule has 0 radical (unpaired) electrons. The fraction of sp³-hybridized carbons (Fsp3) is 0.118. The lowest BCUT2D eigenvalue weighted by molar-refractivity contribution is 0.0984. The van der Waals surface area contributed by atoms with E-state index in [9.17, 15) is 4.79 Å². The number of ketones is 1. The van der Waals surface area contributed by atoms with Crippen molar-refractivity contribution in [2.75, 3.05) is 0 Å². The lowest BCUT2D eigenvalue weighted by Gasteiger charge is -1.99. The molecule has 21 heavy (non-hydrogen) atoms. The van der Waals surface area contributed by atoms with E-state index in [1.54, 1.807) is 24.3 Å². The average molecular weight is 277 g/mol. The van der Waals surface area contributed by atoms with Gasteiger partial charge in [-0.1, -0.05) is 71.9 Å². The first-order valence-corrected chi connectivity index (χ1v) is 6.69. The van der Waals surface area contributed by atoms with Gasteiger partial charge < -0.3 is 0 Å². The van der Waals surface area contributed by atoms with Gasteiger partial charge in [-0.25, -0.2) is 0 Å². The fourth-order valence-electron chi connectivity index (χ4n) is 1.91. The van der Waals surface area contributed by atoms with E-state index in [1.165, 1.54) is 0 Å². The third kappa shape index (κ3) is 4.64. The van der Waals surface area contributed by atoms with Crippen LogP contribution in [-0.4, -0.2) is 5.78 Å². The summed E-state index contributed by atoms with van der Waals surface area (Å²) in [6.45, 7) is 0. The Hall–Kier alpha value is -2.84. The maximum atomic E-state index is 12.0. The number of Topliss-reactive ketones (excluding diaryl/α,β-unsaturated/α-hetero) is 1. The van der Waals surface area contributed by atoms with Gasteiger partial charge in [-0.2, -0.15) is 0 Å². The van der Waals surface area contributed by atoms with E-state index in [4.69, 9.17) is 5.53 Å². The van der Waals surface area contributed by atoms with E-state index in [-0.39, 0.29) is 5.78 Å². The third-order valence-corrected chi connectivity index (χ3v) is 3.00. The number of carbonyl (C=O) groups excluding carboxylic acids is 1. The molecule has 0 heterocycles. The fourth-order valence-corrected chi connectivity index (χ4v) is 1.91. The molecule has 104 valence electrons. The second kappa shape index (κ2) is 7.68. The Bertz CT molecular complexity index is 669. The molecular formula is C17H15N3O. The Balaban J connectivity index is 1.87. The number of carbonyl (C=O) groups is 1. The zero-order chi connectivity index (χ0) is 14.9. The Morgan fingerprint density at radius 3 is 2.48 bits per heavy atom. The van der Waals surface area contributed by atoms with Crippen LogP contribution in [0.25, 0.3) is 16.5 Å². The van der Waals surface area contributed by atoms with Crippen molar-refractivity contribution in [3.63, 3.8) is 0 Å². The number of azide groups is 1. The Morgan fingerprint density at radius 1 is 1.10 bits per heavy atom. The molecule has 0 aliphatic heterocycles. The first kappa shape index (κ1) is 14.6. The highest BCUT2D eigenvalue weighted by Gasteiger charge is 2.03. The van der Waals surface area contributed by atoms with Crippen LogP contribution in [0.3, 0.4) is 0 Å². The molecule has 2 rings (SSSR count). The SMILES string of the molecule is [N-]=[N+]=Nc1ccc(C(=O)CC/C=C/c2ccccc2)cc1. The number of benzene rings is 2. The first-order valence-electron chi connectivity index (χ1n) is 6.69. The molecule has 0 aliphatic carbocycles. The molecule has 0 aliphatic rings. The van der Waals surface area contributed by atoms with E-state index in [1.807, 2.05) is 42.5 Å². The van der Waals surface area contributed by atoms with E-state index in [0.29, 0.717) is 24.1 Å². The van der Waals surface area contributed by atoms with E-state index in [0.717, 1.165) is 5.56 Å². The second-order valence-corrected chi connectivity index (χ2v) is 4.51. The average Bonchev–Trinajstić information content (AvgIpc) is 2.53. The molecule has 2 aromatic carbocycles. The number of allylic oxidation sites excluding steroid dienone is 1. The van der Waals surface area contributed by atoms with E-state index < -0.39 is 0 Å². The van der Waals surface area contributed by atoms with Crippen molar-refractivity contribution in [2.45, 2.75) is 12.8 Å². The molecule has 4 heteroatoms. The van der Waals surface area contributed by atoms with Crippen molar-refractivity contribution in [1.82, 2.24) is 0 Å². The molecule has 0 saturated carbocycles. The minimum atomic E-state index is 0.0835. The highest BCUT2D eigenvalue weighted by atomic mass is 16.1. The van der Waals surface area contributed by atoms with Crippen LogP contribution in [0, 0.1) is 0 Å². The summed E-state index contributed by atoms with van der Waals surface area (Å²) in [5.74, 6) is 0.0835. The number of nitrogens with zero attached hydrogens (tertiary/aromatic N) is 3. The summed E-state index contributed by atoms with van der Waals surface area (Å²) in [6.07, 6.45) is 5.18. The topological polar surface area (TPSA) is 65.8 Å². The molecule has 0 spiro atoms. The van der Waals surface area contributed by atoms with Crippen LogP contribution in [0.15, 0.2) is 65.8 Å². The maximum absolute atomic E-state index is 12.0. The monoisotopic (exact) mass is 277 g/mol. The van der Waals surface area contributed by atoms with Gasteiger partial charge in [-0.15, -0.1) is 0 Å². The van der Waals surface area contributed by atoms with E-state index in [2.05, 4.69) is 10.0 Å². The quantitative estimate of drug-likeness (QED) is 0.305. The summed E-state index contributed by atoms with van der Waals surface area (Å²) >= 11 is 0. The molecule has 0 saturated heterocycles. The molecule has 4 nitrogen and oxygen atoms in total. The lowest BCUT2D eigenvalue weighted by Crippen LogP contribution is -1.97. The van der Waals surface area contributed by atoms with Gasteiger partial charge in [0.15, 0.2) is 5.78 Å². The molecule has 0 N–H and O–H groups in total. The van der Waals surface area contributed by atoms with Crippen LogP contribution >= 0.6 is 0 Å². The number of rotatable bonds is 6. The summed E-state index contributed by atoms with van der Waals surface area (Å²) in [6, 6.07) is 16.6. The zero-order valence-corrected chi connectivity index (χ0v) is 11.5. The van der Waals surface area contributed by atoms with Crippen molar-refractivity contribution in [1.29, 1.82) is 0 Å². The Labute approximate surface area is 123 Å². The van der Waals surface area contributed by atoms with Gasteiger partial charge in [0.05, 0.1) is 0 Å².